The van der Waals surface area contributed by atoms with Crippen LogP contribution in [0.15, 0.2) is 53.0 Å². The molecule has 4 N–H and O–H groups in total. The van der Waals surface area contributed by atoms with Gasteiger partial charge in [-0.25, -0.2) is 4.79 Å². The van der Waals surface area contributed by atoms with Gasteiger partial charge in [-0.1, -0.05) is 29.8 Å². The minimum absolute atomic E-state index is 0.296. The van der Waals surface area contributed by atoms with E-state index in [9.17, 15) is 14.4 Å². The Kier molecular flexibility index (Phi) is 6.99. The molecule has 7 nitrogen and oxygen atoms in total. The summed E-state index contributed by atoms with van der Waals surface area (Å²) in [5.41, 5.74) is 5.59. The molecule has 0 saturated carbocycles. The molecule has 0 saturated heterocycles. The fourth-order valence-corrected chi connectivity index (χ4v) is 2.48. The van der Waals surface area contributed by atoms with E-state index >= 15 is 0 Å². The lowest BCUT2D eigenvalue weighted by Gasteiger charge is -2.17. The number of hydrogen-bond acceptors (Lipinski definition) is 4. The number of carbonyl (C=O) groups is 3. The van der Waals surface area contributed by atoms with Crippen LogP contribution in [-0.2, 0) is 9.59 Å². The molecule has 26 heavy (non-hydrogen) atoms. The maximum atomic E-state index is 12.4. The molecule has 0 spiro atoms. The lowest BCUT2D eigenvalue weighted by Crippen LogP contribution is -2.47. The summed E-state index contributed by atoms with van der Waals surface area (Å²) in [6.07, 6.45) is -1.26. The summed E-state index contributed by atoms with van der Waals surface area (Å²) in [5.74, 6) is -1.07. The quantitative estimate of drug-likeness (QED) is 0.641. The smallest absolute Gasteiger partial charge is 0.410 e. The van der Waals surface area contributed by atoms with Crippen LogP contribution in [0.25, 0.3) is 0 Å². The first-order valence-electron chi connectivity index (χ1n) is 7.43. The van der Waals surface area contributed by atoms with Crippen LogP contribution in [0.3, 0.4) is 0 Å². The highest BCUT2D eigenvalue weighted by atomic mass is 79.9. The van der Waals surface area contributed by atoms with Gasteiger partial charge in [-0.05, 0) is 46.3 Å². The Bertz CT molecular complexity index is 817. The molecule has 0 unspecified atom stereocenters. The largest absolute Gasteiger partial charge is 0.413 e. The molecule has 2 aromatic carbocycles. The number of anilines is 1. The number of nitrogens with two attached hydrogens (primary N) is 1. The third kappa shape index (κ3) is 6.05. The van der Waals surface area contributed by atoms with E-state index < -0.39 is 23.9 Å². The molecule has 0 fully saturated rings. The first-order chi connectivity index (χ1) is 12.3. The van der Waals surface area contributed by atoms with Gasteiger partial charge < -0.3 is 21.1 Å². The minimum Gasteiger partial charge on any atom is -0.410 e. The molecular formula is C17H15BrClN3O4. The SMILES string of the molecule is NC(=O)C[C@H](NC(=O)Oc1ccccc1)C(=O)Nc1ccc(Cl)c(Br)c1. The van der Waals surface area contributed by atoms with Gasteiger partial charge in [0.2, 0.25) is 11.8 Å². The second-order valence-corrected chi connectivity index (χ2v) is 6.45. The monoisotopic (exact) mass is 439 g/mol. The molecule has 2 rings (SSSR count). The summed E-state index contributed by atoms with van der Waals surface area (Å²) >= 11 is 9.14. The summed E-state index contributed by atoms with van der Waals surface area (Å²) in [7, 11) is 0. The van der Waals surface area contributed by atoms with Crippen molar-refractivity contribution in [2.24, 2.45) is 5.73 Å². The van der Waals surface area contributed by atoms with Crippen molar-refractivity contribution >= 4 is 51.1 Å². The minimum atomic E-state index is -1.20. The van der Waals surface area contributed by atoms with E-state index in [4.69, 9.17) is 22.1 Å². The lowest BCUT2D eigenvalue weighted by atomic mass is 10.2. The summed E-state index contributed by atoms with van der Waals surface area (Å²) in [6, 6.07) is 11.8. The van der Waals surface area contributed by atoms with E-state index in [1.807, 2.05) is 0 Å². The maximum Gasteiger partial charge on any atom is 0.413 e. The Morgan fingerprint density at radius 3 is 2.46 bits per heavy atom. The van der Waals surface area contributed by atoms with Gasteiger partial charge in [-0.3, -0.25) is 9.59 Å². The third-order valence-electron chi connectivity index (χ3n) is 3.15. The molecule has 136 valence electrons. The molecule has 0 radical (unpaired) electrons. The van der Waals surface area contributed by atoms with E-state index in [0.29, 0.717) is 20.9 Å². The fraction of sp³-hybridized carbons (Fsp3) is 0.118. The molecule has 0 aliphatic rings. The number of benzene rings is 2. The summed E-state index contributed by atoms with van der Waals surface area (Å²) < 4.78 is 5.64. The van der Waals surface area contributed by atoms with E-state index in [1.165, 1.54) is 0 Å². The number of rotatable bonds is 6. The van der Waals surface area contributed by atoms with E-state index in [0.717, 1.165) is 0 Å². The molecule has 0 heterocycles. The highest BCUT2D eigenvalue weighted by Gasteiger charge is 2.24. The second-order valence-electron chi connectivity index (χ2n) is 5.19. The van der Waals surface area contributed by atoms with Crippen molar-refractivity contribution in [1.82, 2.24) is 5.32 Å². The summed E-state index contributed by atoms with van der Waals surface area (Å²) in [6.45, 7) is 0. The Morgan fingerprint density at radius 1 is 1.15 bits per heavy atom. The van der Waals surface area contributed by atoms with Crippen molar-refractivity contribution in [2.45, 2.75) is 12.5 Å². The highest BCUT2D eigenvalue weighted by Crippen LogP contribution is 2.25. The number of para-hydroxylation sites is 1. The first kappa shape index (κ1) is 19.7. The fourth-order valence-electron chi connectivity index (χ4n) is 1.98. The van der Waals surface area contributed by atoms with Crippen molar-refractivity contribution in [3.8, 4) is 5.75 Å². The Morgan fingerprint density at radius 2 is 1.85 bits per heavy atom. The second kappa shape index (κ2) is 9.21. The van der Waals surface area contributed by atoms with Crippen LogP contribution in [0.4, 0.5) is 10.5 Å². The molecular weight excluding hydrogens is 426 g/mol. The van der Waals surface area contributed by atoms with Crippen LogP contribution in [0.2, 0.25) is 5.02 Å². The van der Waals surface area contributed by atoms with Crippen LogP contribution >= 0.6 is 27.5 Å². The summed E-state index contributed by atoms with van der Waals surface area (Å²) in [4.78, 5) is 35.6. The van der Waals surface area contributed by atoms with Crippen LogP contribution in [0, 0.1) is 0 Å². The van der Waals surface area contributed by atoms with Gasteiger partial charge in [0.1, 0.15) is 11.8 Å². The predicted octanol–water partition coefficient (Wildman–Crippen LogP) is 3.07. The number of nitrogens with one attached hydrogen (secondary N) is 2. The first-order valence-corrected chi connectivity index (χ1v) is 8.60. The molecule has 0 bridgehead atoms. The number of amides is 3. The predicted molar refractivity (Wildman–Crippen MR) is 101 cm³/mol. The highest BCUT2D eigenvalue weighted by molar-refractivity contribution is 9.10. The summed E-state index contributed by atoms with van der Waals surface area (Å²) in [5, 5.41) is 5.38. The molecule has 0 aliphatic heterocycles. The van der Waals surface area contributed by atoms with Crippen molar-refractivity contribution in [3.05, 3.63) is 58.0 Å². The molecule has 0 aromatic heterocycles. The number of primary amides is 1. The van der Waals surface area contributed by atoms with Crippen molar-refractivity contribution in [2.75, 3.05) is 5.32 Å². The zero-order valence-electron chi connectivity index (χ0n) is 13.4. The molecule has 0 aliphatic carbocycles. The van der Waals surface area contributed by atoms with E-state index in [2.05, 4.69) is 26.6 Å². The molecule has 3 amide bonds. The zero-order chi connectivity index (χ0) is 19.1. The van der Waals surface area contributed by atoms with Gasteiger partial charge in [-0.2, -0.15) is 0 Å². The number of ether oxygens (including phenoxy) is 1. The van der Waals surface area contributed by atoms with Gasteiger partial charge in [0.25, 0.3) is 0 Å². The molecule has 2 aromatic rings. The zero-order valence-corrected chi connectivity index (χ0v) is 15.7. The third-order valence-corrected chi connectivity index (χ3v) is 4.37. The number of halogens is 2. The Balaban J connectivity index is 2.05. The number of carbonyl (C=O) groups excluding carboxylic acids is 3. The van der Waals surface area contributed by atoms with Crippen molar-refractivity contribution in [3.63, 3.8) is 0 Å². The van der Waals surface area contributed by atoms with Crippen LogP contribution in [0.1, 0.15) is 6.42 Å². The van der Waals surface area contributed by atoms with Gasteiger partial charge in [0, 0.05) is 10.2 Å². The van der Waals surface area contributed by atoms with Crippen LogP contribution < -0.4 is 21.1 Å². The average molecular weight is 441 g/mol. The normalized spacial score (nSPS) is 11.3. The van der Waals surface area contributed by atoms with Gasteiger partial charge in [-0.15, -0.1) is 0 Å². The van der Waals surface area contributed by atoms with Gasteiger partial charge >= 0.3 is 6.09 Å². The van der Waals surface area contributed by atoms with Crippen molar-refractivity contribution < 1.29 is 19.1 Å². The van der Waals surface area contributed by atoms with Crippen LogP contribution in [0.5, 0.6) is 5.75 Å². The molecule has 9 heteroatoms. The standard InChI is InChI=1S/C17H15BrClN3O4/c18-12-8-10(6-7-13(12)19)21-16(24)14(9-15(20)23)22-17(25)26-11-4-2-1-3-5-11/h1-8,14H,9H2,(H2,20,23)(H,21,24)(H,22,25)/t14-/m0/s1. The molecule has 1 atom stereocenters. The Hall–Kier alpha value is -2.58. The van der Waals surface area contributed by atoms with E-state index in [1.54, 1.807) is 48.5 Å². The van der Waals surface area contributed by atoms with Gasteiger partial charge in [0.15, 0.2) is 0 Å². The number of hydrogen-bond donors (Lipinski definition) is 3. The van der Waals surface area contributed by atoms with Crippen LogP contribution in [-0.4, -0.2) is 23.9 Å². The van der Waals surface area contributed by atoms with E-state index in [-0.39, 0.29) is 6.42 Å². The maximum absolute atomic E-state index is 12.4. The average Bonchev–Trinajstić information content (AvgIpc) is 2.58. The topological polar surface area (TPSA) is 111 Å². The Labute approximate surface area is 163 Å². The lowest BCUT2D eigenvalue weighted by molar-refractivity contribution is -0.123. The van der Waals surface area contributed by atoms with Gasteiger partial charge in [0.05, 0.1) is 11.4 Å². The van der Waals surface area contributed by atoms with Crippen molar-refractivity contribution in [1.29, 1.82) is 0 Å².